The van der Waals surface area contributed by atoms with Gasteiger partial charge in [0.05, 0.1) is 19.0 Å². The molecule has 0 saturated heterocycles. The van der Waals surface area contributed by atoms with Crippen molar-refractivity contribution >= 4 is 21.6 Å². The molecule has 0 aliphatic heterocycles. The predicted octanol–water partition coefficient (Wildman–Crippen LogP) is 2.65. The molecule has 0 aliphatic carbocycles. The van der Waals surface area contributed by atoms with Gasteiger partial charge in [-0.3, -0.25) is 4.79 Å². The zero-order chi connectivity index (χ0) is 14.5. The van der Waals surface area contributed by atoms with Crippen molar-refractivity contribution in [2.75, 3.05) is 12.4 Å². The highest BCUT2D eigenvalue weighted by Crippen LogP contribution is 2.18. The molecule has 1 heterocycles. The highest BCUT2D eigenvalue weighted by atomic mass is 79.9. The molecule has 0 amide bonds. The van der Waals surface area contributed by atoms with E-state index >= 15 is 0 Å². The normalized spacial score (nSPS) is 10.3. The minimum absolute atomic E-state index is 0.132. The number of hydrogen-bond donors (Lipinski definition) is 1. The lowest BCUT2D eigenvalue weighted by molar-refractivity contribution is 0.414. The lowest BCUT2D eigenvalue weighted by atomic mass is 10.2. The van der Waals surface area contributed by atoms with Crippen LogP contribution >= 0.6 is 15.9 Å². The molecule has 106 valence electrons. The molecule has 0 fully saturated rings. The molecule has 0 aliphatic rings. The van der Waals surface area contributed by atoms with Crippen LogP contribution in [0, 0.1) is 0 Å². The van der Waals surface area contributed by atoms with Crippen LogP contribution in [0.2, 0.25) is 0 Å². The summed E-state index contributed by atoms with van der Waals surface area (Å²) in [5, 5.41) is 7.28. The summed E-state index contributed by atoms with van der Waals surface area (Å²) in [5.74, 6) is 0.821. The summed E-state index contributed by atoms with van der Waals surface area (Å²) in [6.07, 6.45) is 1.65. The number of methoxy groups -OCH3 is 1. The van der Waals surface area contributed by atoms with Crippen LogP contribution in [0.4, 0.5) is 5.69 Å². The van der Waals surface area contributed by atoms with Crippen molar-refractivity contribution in [2.24, 2.45) is 0 Å². The lowest BCUT2D eigenvalue weighted by Crippen LogP contribution is -2.23. The molecule has 0 atom stereocenters. The quantitative estimate of drug-likeness (QED) is 0.911. The molecule has 0 bridgehead atoms. The smallest absolute Gasteiger partial charge is 0.283 e. The summed E-state index contributed by atoms with van der Waals surface area (Å²) in [6, 6.07) is 7.75. The standard InChI is InChI=1S/C14H16BrN3O2/c1-3-18-14(19)13(15)12(9-17-18)16-8-10-4-6-11(20-2)7-5-10/h4-7,9,16H,3,8H2,1-2H3. The highest BCUT2D eigenvalue weighted by Gasteiger charge is 2.07. The Kier molecular flexibility index (Phi) is 4.79. The Balaban J connectivity index is 2.10. The molecule has 0 spiro atoms. The maximum atomic E-state index is 11.9. The first-order valence-electron chi connectivity index (χ1n) is 6.28. The molecule has 1 aromatic carbocycles. The van der Waals surface area contributed by atoms with Gasteiger partial charge in [0.2, 0.25) is 0 Å². The first-order chi connectivity index (χ1) is 9.65. The summed E-state index contributed by atoms with van der Waals surface area (Å²) >= 11 is 3.31. The van der Waals surface area contributed by atoms with E-state index in [4.69, 9.17) is 4.74 Å². The SMILES string of the molecule is CCn1ncc(NCc2ccc(OC)cc2)c(Br)c1=O. The molecule has 0 unspecified atom stereocenters. The van der Waals surface area contributed by atoms with Gasteiger partial charge in [0, 0.05) is 13.1 Å². The molecule has 0 saturated carbocycles. The second kappa shape index (κ2) is 6.56. The van der Waals surface area contributed by atoms with Crippen molar-refractivity contribution in [1.29, 1.82) is 0 Å². The minimum Gasteiger partial charge on any atom is -0.497 e. The third-order valence-electron chi connectivity index (χ3n) is 2.93. The average Bonchev–Trinajstić information content (AvgIpc) is 2.49. The van der Waals surface area contributed by atoms with Crippen molar-refractivity contribution in [1.82, 2.24) is 9.78 Å². The van der Waals surface area contributed by atoms with E-state index in [0.717, 1.165) is 11.3 Å². The Morgan fingerprint density at radius 3 is 2.65 bits per heavy atom. The van der Waals surface area contributed by atoms with Crippen LogP contribution in [0.5, 0.6) is 5.75 Å². The van der Waals surface area contributed by atoms with Gasteiger partial charge in [0.1, 0.15) is 10.2 Å². The number of aromatic nitrogens is 2. The Morgan fingerprint density at radius 1 is 1.35 bits per heavy atom. The van der Waals surface area contributed by atoms with E-state index in [1.54, 1.807) is 13.3 Å². The maximum Gasteiger partial charge on any atom is 0.283 e. The van der Waals surface area contributed by atoms with E-state index < -0.39 is 0 Å². The van der Waals surface area contributed by atoms with Gasteiger partial charge >= 0.3 is 0 Å². The number of nitrogens with one attached hydrogen (secondary N) is 1. The van der Waals surface area contributed by atoms with E-state index in [9.17, 15) is 4.79 Å². The number of benzene rings is 1. The Morgan fingerprint density at radius 2 is 2.05 bits per heavy atom. The summed E-state index contributed by atoms with van der Waals surface area (Å²) < 4.78 is 7.02. The van der Waals surface area contributed by atoms with Gasteiger partial charge in [-0.05, 0) is 40.5 Å². The number of nitrogens with zero attached hydrogens (tertiary/aromatic N) is 2. The predicted molar refractivity (Wildman–Crippen MR) is 82.2 cm³/mol. The monoisotopic (exact) mass is 337 g/mol. The fraction of sp³-hybridized carbons (Fsp3) is 0.286. The van der Waals surface area contributed by atoms with Crippen molar-refractivity contribution < 1.29 is 4.74 Å². The fourth-order valence-electron chi connectivity index (χ4n) is 1.75. The van der Waals surface area contributed by atoms with Crippen LogP contribution in [0.1, 0.15) is 12.5 Å². The Labute approximate surface area is 125 Å². The largest absolute Gasteiger partial charge is 0.497 e. The molecule has 2 rings (SSSR count). The van der Waals surface area contributed by atoms with Gasteiger partial charge in [-0.2, -0.15) is 5.10 Å². The highest BCUT2D eigenvalue weighted by molar-refractivity contribution is 9.10. The van der Waals surface area contributed by atoms with E-state index in [0.29, 0.717) is 23.2 Å². The third-order valence-corrected chi connectivity index (χ3v) is 3.69. The molecular weight excluding hydrogens is 322 g/mol. The average molecular weight is 338 g/mol. The number of rotatable bonds is 5. The minimum atomic E-state index is -0.132. The first-order valence-corrected chi connectivity index (χ1v) is 7.07. The first kappa shape index (κ1) is 14.6. The molecule has 1 N–H and O–H groups in total. The van der Waals surface area contributed by atoms with Crippen molar-refractivity contribution in [3.8, 4) is 5.75 Å². The topological polar surface area (TPSA) is 56.1 Å². The van der Waals surface area contributed by atoms with E-state index in [2.05, 4.69) is 26.3 Å². The number of ether oxygens (including phenoxy) is 1. The van der Waals surface area contributed by atoms with Crippen LogP contribution in [-0.2, 0) is 13.1 Å². The van der Waals surface area contributed by atoms with Gasteiger partial charge in [0.25, 0.3) is 5.56 Å². The lowest BCUT2D eigenvalue weighted by Gasteiger charge is -2.10. The zero-order valence-electron chi connectivity index (χ0n) is 11.4. The third kappa shape index (κ3) is 3.19. The molecule has 5 nitrogen and oxygen atoms in total. The van der Waals surface area contributed by atoms with Crippen LogP contribution in [0.3, 0.4) is 0 Å². The van der Waals surface area contributed by atoms with Crippen LogP contribution < -0.4 is 15.6 Å². The molecule has 2 aromatic rings. The van der Waals surface area contributed by atoms with E-state index in [1.165, 1.54) is 4.68 Å². The van der Waals surface area contributed by atoms with Crippen molar-refractivity contribution in [2.45, 2.75) is 20.0 Å². The molecule has 1 aromatic heterocycles. The molecule has 6 heteroatoms. The summed E-state index contributed by atoms with van der Waals surface area (Å²) in [6.45, 7) is 3.04. The maximum absolute atomic E-state index is 11.9. The fourth-order valence-corrected chi connectivity index (χ4v) is 2.20. The molecule has 0 radical (unpaired) electrons. The molecular formula is C14H16BrN3O2. The number of aryl methyl sites for hydroxylation is 1. The molecule has 20 heavy (non-hydrogen) atoms. The Hall–Kier alpha value is -1.82. The van der Waals surface area contributed by atoms with E-state index in [-0.39, 0.29) is 5.56 Å². The number of anilines is 1. The summed E-state index contributed by atoms with van der Waals surface area (Å²) in [7, 11) is 1.64. The number of halogens is 1. The summed E-state index contributed by atoms with van der Waals surface area (Å²) in [5.41, 5.74) is 1.65. The van der Waals surface area contributed by atoms with Gasteiger partial charge in [-0.25, -0.2) is 4.68 Å². The van der Waals surface area contributed by atoms with Gasteiger partial charge in [0.15, 0.2) is 0 Å². The van der Waals surface area contributed by atoms with E-state index in [1.807, 2.05) is 31.2 Å². The number of hydrogen-bond acceptors (Lipinski definition) is 4. The van der Waals surface area contributed by atoms with Crippen LogP contribution in [-0.4, -0.2) is 16.9 Å². The summed E-state index contributed by atoms with van der Waals surface area (Å²) in [4.78, 5) is 11.9. The van der Waals surface area contributed by atoms with Crippen LogP contribution in [0.15, 0.2) is 39.7 Å². The zero-order valence-corrected chi connectivity index (χ0v) is 13.0. The van der Waals surface area contributed by atoms with Gasteiger partial charge in [-0.15, -0.1) is 0 Å². The second-order valence-electron chi connectivity index (χ2n) is 4.19. The van der Waals surface area contributed by atoms with Crippen molar-refractivity contribution in [3.63, 3.8) is 0 Å². The van der Waals surface area contributed by atoms with Gasteiger partial charge in [-0.1, -0.05) is 12.1 Å². The van der Waals surface area contributed by atoms with Gasteiger partial charge < -0.3 is 10.1 Å². The Bertz CT molecular complexity index is 638. The van der Waals surface area contributed by atoms with Crippen molar-refractivity contribution in [3.05, 3.63) is 50.9 Å². The second-order valence-corrected chi connectivity index (χ2v) is 4.99. The van der Waals surface area contributed by atoms with Crippen LogP contribution in [0.25, 0.3) is 0 Å².